The van der Waals surface area contributed by atoms with Gasteiger partial charge in [-0.2, -0.15) is 0 Å². The molecule has 0 aliphatic carbocycles. The summed E-state index contributed by atoms with van der Waals surface area (Å²) in [5.74, 6) is -0.708. The Morgan fingerprint density at radius 1 is 0.929 bits per heavy atom. The zero-order valence-electron chi connectivity index (χ0n) is 24.8. The Morgan fingerprint density at radius 3 is 2.14 bits per heavy atom. The number of amides is 3. The third-order valence-corrected chi connectivity index (χ3v) is 7.20. The molecule has 3 rings (SSSR count). The van der Waals surface area contributed by atoms with E-state index in [-0.39, 0.29) is 25.3 Å². The average Bonchev–Trinajstić information content (AvgIpc) is 2.96. The summed E-state index contributed by atoms with van der Waals surface area (Å²) in [4.78, 5) is 41.4. The molecule has 0 aromatic heterocycles. The van der Waals surface area contributed by atoms with Crippen molar-refractivity contribution in [3.05, 3.63) is 65.7 Å². The summed E-state index contributed by atoms with van der Waals surface area (Å²) in [6.07, 6.45) is -0.890. The number of carbonyl (C=O) groups is 3. The van der Waals surface area contributed by atoms with Gasteiger partial charge >= 0.3 is 0 Å². The van der Waals surface area contributed by atoms with E-state index < -0.39 is 41.6 Å². The molecule has 1 heterocycles. The fourth-order valence-corrected chi connectivity index (χ4v) is 4.70. The molecular formula is C31H44N4O7. The van der Waals surface area contributed by atoms with Crippen molar-refractivity contribution in [2.24, 2.45) is 0 Å². The summed E-state index contributed by atoms with van der Waals surface area (Å²) in [6.45, 7) is 7.03. The standard InChI is InChI=1S/C31H44N4O7/c1-21(32-27(36)20-35-14-16-42-17-15-35)29(38)34-26(19-23-10-12-24(41-4)13-11-23)30(39)33-25(28(37)31(2,3)40)18-22-8-6-5-7-9-22/h5-13,21,25-26,28,37,40H,14-20H2,1-4H3,(H,32,36)(H,33,39)(H,34,38)/t21-,25-,26-,28+/m0/s1. The van der Waals surface area contributed by atoms with Crippen molar-refractivity contribution in [3.8, 4) is 5.75 Å². The second-order valence-electron chi connectivity index (χ2n) is 11.2. The first-order valence-electron chi connectivity index (χ1n) is 14.2. The van der Waals surface area contributed by atoms with Crippen molar-refractivity contribution in [1.29, 1.82) is 0 Å². The normalized spacial score (nSPS) is 16.9. The predicted octanol–water partition coefficient (Wildman–Crippen LogP) is 0.419. The quantitative estimate of drug-likeness (QED) is 0.215. The van der Waals surface area contributed by atoms with Crippen LogP contribution in [-0.2, 0) is 32.0 Å². The number of benzene rings is 2. The highest BCUT2D eigenvalue weighted by Gasteiger charge is 2.35. The van der Waals surface area contributed by atoms with Crippen LogP contribution < -0.4 is 20.7 Å². The number of aliphatic hydroxyl groups excluding tert-OH is 1. The Morgan fingerprint density at radius 2 is 1.55 bits per heavy atom. The van der Waals surface area contributed by atoms with Crippen LogP contribution in [0.1, 0.15) is 31.9 Å². The topological polar surface area (TPSA) is 149 Å². The van der Waals surface area contributed by atoms with E-state index in [4.69, 9.17) is 9.47 Å². The number of methoxy groups -OCH3 is 1. The molecule has 5 N–H and O–H groups in total. The van der Waals surface area contributed by atoms with Crippen LogP contribution in [0.15, 0.2) is 54.6 Å². The molecule has 0 unspecified atom stereocenters. The lowest BCUT2D eigenvalue weighted by atomic mass is 9.90. The van der Waals surface area contributed by atoms with Gasteiger partial charge in [-0.05, 0) is 50.5 Å². The first-order chi connectivity index (χ1) is 20.0. The molecule has 11 heteroatoms. The Balaban J connectivity index is 1.75. The van der Waals surface area contributed by atoms with Gasteiger partial charge in [0.25, 0.3) is 0 Å². The van der Waals surface area contributed by atoms with E-state index in [1.165, 1.54) is 13.8 Å². The van der Waals surface area contributed by atoms with Gasteiger partial charge in [0.2, 0.25) is 17.7 Å². The molecule has 2 aromatic carbocycles. The molecule has 0 spiro atoms. The van der Waals surface area contributed by atoms with Crippen molar-refractivity contribution in [2.75, 3.05) is 40.0 Å². The molecule has 1 saturated heterocycles. The minimum atomic E-state index is -1.50. The first kappa shape index (κ1) is 33.0. The number of hydrogen-bond acceptors (Lipinski definition) is 8. The predicted molar refractivity (Wildman–Crippen MR) is 158 cm³/mol. The van der Waals surface area contributed by atoms with Crippen LogP contribution in [0.2, 0.25) is 0 Å². The fourth-order valence-electron chi connectivity index (χ4n) is 4.70. The van der Waals surface area contributed by atoms with Crippen LogP contribution in [0.4, 0.5) is 0 Å². The molecule has 3 amide bonds. The fraction of sp³-hybridized carbons (Fsp3) is 0.516. The monoisotopic (exact) mass is 584 g/mol. The van der Waals surface area contributed by atoms with Gasteiger partial charge < -0.3 is 35.6 Å². The third-order valence-electron chi connectivity index (χ3n) is 7.20. The minimum absolute atomic E-state index is 0.146. The van der Waals surface area contributed by atoms with Crippen LogP contribution in [0.5, 0.6) is 5.75 Å². The van der Waals surface area contributed by atoms with E-state index >= 15 is 0 Å². The number of nitrogens with one attached hydrogen (secondary N) is 3. The van der Waals surface area contributed by atoms with Crippen LogP contribution in [0.3, 0.4) is 0 Å². The number of morpholine rings is 1. The maximum Gasteiger partial charge on any atom is 0.243 e. The molecule has 1 aliphatic heterocycles. The van der Waals surface area contributed by atoms with Gasteiger partial charge in [-0.25, -0.2) is 0 Å². The van der Waals surface area contributed by atoms with Crippen molar-refractivity contribution < 1.29 is 34.1 Å². The molecule has 0 saturated carbocycles. The molecule has 11 nitrogen and oxygen atoms in total. The van der Waals surface area contributed by atoms with Crippen LogP contribution in [-0.4, -0.2) is 103 Å². The zero-order valence-corrected chi connectivity index (χ0v) is 24.8. The Kier molecular flexibility index (Phi) is 12.3. The number of hydrogen-bond donors (Lipinski definition) is 5. The smallest absolute Gasteiger partial charge is 0.243 e. The van der Waals surface area contributed by atoms with Crippen LogP contribution >= 0.6 is 0 Å². The van der Waals surface area contributed by atoms with Crippen LogP contribution in [0, 0.1) is 0 Å². The van der Waals surface area contributed by atoms with E-state index in [1.54, 1.807) is 38.3 Å². The lowest BCUT2D eigenvalue weighted by Gasteiger charge is -2.33. The Labute approximate surface area is 247 Å². The van der Waals surface area contributed by atoms with Crippen molar-refractivity contribution in [1.82, 2.24) is 20.9 Å². The SMILES string of the molecule is COc1ccc(C[C@H](NC(=O)[C@H](C)NC(=O)CN2CCOCC2)C(=O)N[C@@H](Cc2ccccc2)[C@@H](O)C(C)(C)O)cc1. The van der Waals surface area contributed by atoms with E-state index in [1.807, 2.05) is 35.2 Å². The molecule has 2 aromatic rings. The molecule has 4 atom stereocenters. The lowest BCUT2D eigenvalue weighted by molar-refractivity contribution is -0.133. The van der Waals surface area contributed by atoms with E-state index in [9.17, 15) is 24.6 Å². The summed E-state index contributed by atoms with van der Waals surface area (Å²) >= 11 is 0. The Bertz CT molecular complexity index is 1150. The van der Waals surface area contributed by atoms with Gasteiger partial charge in [-0.15, -0.1) is 0 Å². The maximum atomic E-state index is 13.7. The first-order valence-corrected chi connectivity index (χ1v) is 14.2. The summed E-state index contributed by atoms with van der Waals surface area (Å²) < 4.78 is 10.5. The molecule has 1 aliphatic rings. The maximum absolute atomic E-state index is 13.7. The number of aliphatic hydroxyl groups is 2. The number of rotatable bonds is 14. The molecule has 42 heavy (non-hydrogen) atoms. The highest BCUT2D eigenvalue weighted by molar-refractivity contribution is 5.92. The second-order valence-corrected chi connectivity index (χ2v) is 11.2. The third kappa shape index (κ3) is 10.4. The number of nitrogens with zero attached hydrogens (tertiary/aromatic N) is 1. The van der Waals surface area contributed by atoms with E-state index in [0.717, 1.165) is 11.1 Å². The second kappa shape index (κ2) is 15.6. The summed E-state index contributed by atoms with van der Waals surface area (Å²) in [6, 6.07) is 13.7. The van der Waals surface area contributed by atoms with Crippen LogP contribution in [0.25, 0.3) is 0 Å². The van der Waals surface area contributed by atoms with Crippen molar-refractivity contribution >= 4 is 17.7 Å². The summed E-state index contributed by atoms with van der Waals surface area (Å²) in [7, 11) is 1.56. The van der Waals surface area contributed by atoms with Gasteiger partial charge in [-0.3, -0.25) is 19.3 Å². The zero-order chi connectivity index (χ0) is 30.7. The van der Waals surface area contributed by atoms with Crippen molar-refractivity contribution in [2.45, 2.75) is 63.4 Å². The highest BCUT2D eigenvalue weighted by Crippen LogP contribution is 2.17. The molecular weight excluding hydrogens is 540 g/mol. The molecule has 0 radical (unpaired) electrons. The Hall–Kier alpha value is -3.51. The van der Waals surface area contributed by atoms with E-state index in [0.29, 0.717) is 32.1 Å². The van der Waals surface area contributed by atoms with Gasteiger partial charge in [0.05, 0.1) is 38.5 Å². The van der Waals surface area contributed by atoms with E-state index in [2.05, 4.69) is 16.0 Å². The highest BCUT2D eigenvalue weighted by atomic mass is 16.5. The number of ether oxygens (including phenoxy) is 2. The average molecular weight is 585 g/mol. The molecule has 1 fully saturated rings. The van der Waals surface area contributed by atoms with Gasteiger partial charge in [0, 0.05) is 19.5 Å². The molecule has 230 valence electrons. The van der Waals surface area contributed by atoms with Gasteiger partial charge in [0.15, 0.2) is 0 Å². The summed E-state index contributed by atoms with van der Waals surface area (Å²) in [5, 5.41) is 29.9. The van der Waals surface area contributed by atoms with Gasteiger partial charge in [0.1, 0.15) is 23.9 Å². The van der Waals surface area contributed by atoms with Gasteiger partial charge in [-0.1, -0.05) is 42.5 Å². The largest absolute Gasteiger partial charge is 0.497 e. The minimum Gasteiger partial charge on any atom is -0.497 e. The van der Waals surface area contributed by atoms with Crippen molar-refractivity contribution in [3.63, 3.8) is 0 Å². The lowest BCUT2D eigenvalue weighted by Crippen LogP contribution is -2.59. The molecule has 0 bridgehead atoms. The summed E-state index contributed by atoms with van der Waals surface area (Å²) in [5.41, 5.74) is 0.127. The number of carbonyl (C=O) groups excluding carboxylic acids is 3.